The second-order valence-corrected chi connectivity index (χ2v) is 41.8. The van der Waals surface area contributed by atoms with Crippen molar-refractivity contribution >= 4 is 132 Å². The maximum Gasteiger partial charge on any atom is 0.335 e. The number of carboxylic acid groups (broad SMARTS) is 4. The summed E-state index contributed by atoms with van der Waals surface area (Å²) in [5.41, 5.74) is 12.0. The monoisotopic (exact) mass is 1900 g/mol. The van der Waals surface area contributed by atoms with E-state index in [1.165, 1.54) is 89.5 Å². The number of carbonyl (C=O) groups is 4. The molecule has 1 aliphatic heterocycles. The van der Waals surface area contributed by atoms with Crippen molar-refractivity contribution in [3.8, 4) is 67.6 Å². The zero-order chi connectivity index (χ0) is 91.5. The lowest BCUT2D eigenvalue weighted by Crippen LogP contribution is -2.11. The third-order valence-electron chi connectivity index (χ3n) is 22.1. The molecule has 4 saturated carbocycles. The van der Waals surface area contributed by atoms with Crippen molar-refractivity contribution in [2.75, 3.05) is 6.54 Å². The molecule has 5 aliphatic rings. The number of aromatic nitrogens is 5. The first-order valence-corrected chi connectivity index (χ1v) is 49.5. The van der Waals surface area contributed by atoms with Gasteiger partial charge in [-0.1, -0.05) is 76.4 Å². The van der Waals surface area contributed by atoms with Crippen LogP contribution in [0, 0.1) is 35.4 Å². The number of aromatic carboxylic acids is 4. The summed E-state index contributed by atoms with van der Waals surface area (Å²) in [6.07, 6.45) is 17.0. The average Bonchev–Trinajstić information content (AvgIpc) is 1.70. The number of thiazole rings is 2. The van der Waals surface area contributed by atoms with Gasteiger partial charge in [-0.15, -0.1) is 22.7 Å². The molecular formula is C94H72Cl3FN8O17S6. The van der Waals surface area contributed by atoms with Gasteiger partial charge in [-0.25, -0.2) is 67.2 Å². The molecule has 35 heteroatoms. The van der Waals surface area contributed by atoms with E-state index in [2.05, 4.69) is 30.1 Å². The van der Waals surface area contributed by atoms with Gasteiger partial charge in [0.25, 0.3) is 0 Å². The molecular weight excluding hydrogens is 1830 g/mol. The van der Waals surface area contributed by atoms with Gasteiger partial charge in [-0.3, -0.25) is 15.0 Å². The Kier molecular flexibility index (Phi) is 26.8. The van der Waals surface area contributed by atoms with Crippen LogP contribution in [0.3, 0.4) is 0 Å². The van der Waals surface area contributed by atoms with Crippen molar-refractivity contribution in [1.82, 2.24) is 25.1 Å². The van der Waals surface area contributed by atoms with Gasteiger partial charge in [0.1, 0.15) is 28.7 Å². The number of rotatable bonds is 26. The topological polar surface area (TPSA) is 423 Å². The molecule has 0 radical (unpaired) electrons. The SMILES string of the molecule is Cc1oncc1-c1cc(CS(=O)(=O)c2cc(C(=O)O)ccc2C2CC2)c(-c2ccccn2)cc1Cl.N#Cc1cc(CS(=O)(=O)c2cc(C(=O)O)ccc2C2CC2)c(-c2cscn2)cc1F.N#Cc1cc(CS(=O)(=O)c2cc(C(=O)O)ccc2C2CC2)c(-c2nccs2)cc1Cl.O=C(O)c1ccc(C2CC2)c(S(=O)(=O)Cc2cc(C3=CC=NC3)c(Cl)cc2-c2ccccn2)c1. The molecule has 0 spiro atoms. The number of hydrogen-bond acceptors (Lipinski definition) is 23. The van der Waals surface area contributed by atoms with E-state index >= 15 is 0 Å². The van der Waals surface area contributed by atoms with Crippen LogP contribution < -0.4 is 0 Å². The standard InChI is InChI=1S/C26H21ClN2O5S.C26H21ClN2O4S.C21H15ClN2O4S2.C21H15FN2O4S2/c1-15-22(13-29-34-15)21-10-18(20(12-23(21)27)24-4-2-3-9-28-24)14-35(32,33)25-11-17(26(30)31)7-8-19(25)16-5-6-16;27-23-13-22(24-3-1-2-9-29-24)19(11-21(23)18-8-10-28-14-18)15-34(32,33)25-12-17(26(30)31)6-7-20(25)16-4-5-16;22-18-9-17(20-24-5-6-29-20)15(7-14(18)10-23)11-30(27,28)19-8-13(21(25)26)3-4-16(19)12-1-2-12;22-18-7-17(19-9-29-11-24-19)15(5-14(18)8-23)10-30(27,28)20-6-13(21(25)26)3-4-16(20)12-1-2-12/h2-4,7-13,16H,5-6,14H2,1H3,(H,30,31);1-3,6-13,16H,4-5,14-15H2,(H,30,31);3-9,12H,1-2,11H2,(H,25,26);3-7,9,11-12H,1-2,10H2,(H,25,26). The molecule has 4 aliphatic carbocycles. The molecule has 0 bridgehead atoms. The number of aliphatic imine (C=N–C) groups is 1. The Hall–Kier alpha value is -12.6. The first kappa shape index (κ1) is 91.2. The zero-order valence-electron chi connectivity index (χ0n) is 67.8. The van der Waals surface area contributed by atoms with Crippen molar-refractivity contribution in [3.63, 3.8) is 0 Å². The highest BCUT2D eigenvalue weighted by molar-refractivity contribution is 7.91. The molecule has 5 aromatic heterocycles. The summed E-state index contributed by atoms with van der Waals surface area (Å²) < 4.78 is 128. The number of pyridine rings is 2. The summed E-state index contributed by atoms with van der Waals surface area (Å²) in [6.45, 7) is 2.22. The van der Waals surface area contributed by atoms with E-state index in [1.54, 1.807) is 133 Å². The first-order chi connectivity index (χ1) is 61.7. The van der Waals surface area contributed by atoms with Gasteiger partial charge in [-0.2, -0.15) is 10.5 Å². The Balaban J connectivity index is 0.000000132. The minimum atomic E-state index is -3.98. The van der Waals surface area contributed by atoms with Crippen molar-refractivity contribution in [2.45, 2.75) is 125 Å². The first-order valence-electron chi connectivity index (χ1n) is 39.9. The number of nitrogens with zero attached hydrogens (tertiary/aromatic N) is 8. The van der Waals surface area contributed by atoms with Crippen LogP contribution in [-0.2, 0) is 62.4 Å². The largest absolute Gasteiger partial charge is 0.478 e. The van der Waals surface area contributed by atoms with E-state index in [4.69, 9.17) is 39.3 Å². The molecule has 13 aromatic rings. The number of aryl methyl sites for hydroxylation is 1. The maximum atomic E-state index is 14.2. The molecule has 4 fully saturated rings. The highest BCUT2D eigenvalue weighted by atomic mass is 35.5. The molecule has 0 atom stereocenters. The molecule has 25 nitrogen and oxygen atoms in total. The summed E-state index contributed by atoms with van der Waals surface area (Å²) in [5.74, 6) is -6.02. The van der Waals surface area contributed by atoms with Crippen LogP contribution in [0.5, 0.6) is 0 Å². The Morgan fingerprint density at radius 3 is 1.22 bits per heavy atom. The van der Waals surface area contributed by atoms with Crippen LogP contribution in [0.2, 0.25) is 15.1 Å². The number of benzene rings is 8. The zero-order valence-corrected chi connectivity index (χ0v) is 75.0. The molecule has 0 unspecified atom stereocenters. The second-order valence-electron chi connectivity index (χ2n) is 31.2. The van der Waals surface area contributed by atoms with Crippen molar-refractivity contribution in [2.24, 2.45) is 4.99 Å². The minimum Gasteiger partial charge on any atom is -0.478 e. The number of hydrogen-bond donors (Lipinski definition) is 4. The third-order valence-corrected chi connectivity index (χ3v) is 31.3. The van der Waals surface area contributed by atoms with Gasteiger partial charge >= 0.3 is 23.9 Å². The van der Waals surface area contributed by atoms with Gasteiger partial charge in [-0.05, 0) is 265 Å². The van der Waals surface area contributed by atoms with Crippen LogP contribution >= 0.6 is 57.5 Å². The van der Waals surface area contributed by atoms with Crippen molar-refractivity contribution in [3.05, 3.63) is 315 Å². The van der Waals surface area contributed by atoms with Crippen LogP contribution in [0.15, 0.2) is 234 Å². The lowest BCUT2D eigenvalue weighted by atomic mass is 9.98. The Morgan fingerprint density at radius 2 is 0.860 bits per heavy atom. The van der Waals surface area contributed by atoms with Gasteiger partial charge in [0.2, 0.25) is 0 Å². The fourth-order valence-corrected chi connectivity index (χ4v) is 23.9. The number of halogens is 4. The van der Waals surface area contributed by atoms with Gasteiger partial charge < -0.3 is 24.9 Å². The number of sulfone groups is 4. The third kappa shape index (κ3) is 20.9. The van der Waals surface area contributed by atoms with Crippen LogP contribution in [-0.4, -0.2) is 116 Å². The number of allylic oxidation sites excluding steroid dienone is 1. The van der Waals surface area contributed by atoms with E-state index in [0.717, 1.165) is 68.6 Å². The highest BCUT2D eigenvalue weighted by Gasteiger charge is 2.38. The predicted molar refractivity (Wildman–Crippen MR) is 485 cm³/mol. The molecule has 4 N–H and O–H groups in total. The highest BCUT2D eigenvalue weighted by Crippen LogP contribution is 2.50. The van der Waals surface area contributed by atoms with E-state index in [0.29, 0.717) is 117 Å². The normalized spacial score (nSPS) is 14.1. The average molecular weight is 1900 g/mol. The van der Waals surface area contributed by atoms with Crippen molar-refractivity contribution in [1.29, 1.82) is 10.5 Å². The van der Waals surface area contributed by atoms with Crippen molar-refractivity contribution < 1.29 is 82.2 Å². The van der Waals surface area contributed by atoms with Gasteiger partial charge in [0.05, 0.1) is 116 Å². The Bertz CT molecular complexity index is 7120. The summed E-state index contributed by atoms with van der Waals surface area (Å²) in [5, 5.41) is 65.0. The molecule has 18 rings (SSSR count). The molecule has 8 aromatic carbocycles. The fraction of sp³-hybridized carbons (Fsp3) is 0.191. The fourth-order valence-electron chi connectivity index (χ4n) is 15.1. The van der Waals surface area contributed by atoms with E-state index in [-0.39, 0.29) is 98.7 Å². The quantitative estimate of drug-likeness (QED) is 0.0391. The van der Waals surface area contributed by atoms with Crippen LogP contribution in [0.4, 0.5) is 4.39 Å². The Morgan fingerprint density at radius 1 is 0.457 bits per heavy atom. The molecule has 0 saturated heterocycles. The maximum absolute atomic E-state index is 14.2. The molecule has 129 heavy (non-hydrogen) atoms. The summed E-state index contributed by atoms with van der Waals surface area (Å²) in [6, 6.07) is 44.0. The van der Waals surface area contributed by atoms with E-state index in [9.17, 15) is 88.2 Å². The van der Waals surface area contributed by atoms with Gasteiger partial charge in [0.15, 0.2) is 39.3 Å². The lowest BCUT2D eigenvalue weighted by molar-refractivity contribution is 0.0685. The Labute approximate surface area is 762 Å². The molecule has 6 heterocycles. The summed E-state index contributed by atoms with van der Waals surface area (Å²) in [7, 11) is -15.7. The van der Waals surface area contributed by atoms with Gasteiger partial charge in [0, 0.05) is 79.0 Å². The molecule has 0 amide bonds. The smallest absolute Gasteiger partial charge is 0.335 e. The number of carboxylic acids is 4. The minimum absolute atomic E-state index is 0.0306. The second kappa shape index (κ2) is 38.0. The number of nitriles is 2. The predicted octanol–water partition coefficient (Wildman–Crippen LogP) is 20.6. The van der Waals surface area contributed by atoms with Crippen LogP contribution in [0.1, 0.15) is 183 Å². The summed E-state index contributed by atoms with van der Waals surface area (Å²) >= 11 is 22.0. The van der Waals surface area contributed by atoms with E-state index in [1.807, 2.05) is 24.3 Å². The van der Waals surface area contributed by atoms with E-state index < -0.39 is 80.5 Å². The van der Waals surface area contributed by atoms with Crippen LogP contribution in [0.25, 0.3) is 61.0 Å². The summed E-state index contributed by atoms with van der Waals surface area (Å²) in [4.78, 5) is 67.5. The lowest BCUT2D eigenvalue weighted by Gasteiger charge is -2.16. The molecule has 654 valence electrons.